The van der Waals surface area contributed by atoms with E-state index in [1.165, 1.54) is 72.3 Å². The summed E-state index contributed by atoms with van der Waals surface area (Å²) < 4.78 is 0. The molecule has 1 heteroatoms. The van der Waals surface area contributed by atoms with Gasteiger partial charge in [-0.05, 0) is 97.2 Å². The molecule has 6 aromatic rings. The molecule has 4 aliphatic carbocycles. The zero-order valence-electron chi connectivity index (χ0n) is 26.9. The van der Waals surface area contributed by atoms with E-state index in [-0.39, 0.29) is 22.5 Å². The summed E-state index contributed by atoms with van der Waals surface area (Å²) in [5.41, 5.74) is 19.6. The number of carbonyl (C=O) groups excluding carboxylic acids is 1. The maximum Gasteiger partial charge on any atom is 0.163 e. The topological polar surface area (TPSA) is 17.1 Å². The van der Waals surface area contributed by atoms with Gasteiger partial charge in [0.15, 0.2) is 5.78 Å². The Morgan fingerprint density at radius 2 is 1.06 bits per heavy atom. The summed E-state index contributed by atoms with van der Waals surface area (Å²) in [6.07, 6.45) is 3.40. The van der Waals surface area contributed by atoms with E-state index in [0.29, 0.717) is 6.42 Å². The molecule has 4 aliphatic rings. The summed E-state index contributed by atoms with van der Waals surface area (Å²) in [6.45, 7) is 4.78. The largest absolute Gasteiger partial charge is 0.294 e. The molecular formula is C46H36O. The molecule has 1 unspecified atom stereocenters. The highest BCUT2D eigenvalue weighted by Crippen LogP contribution is 2.66. The van der Waals surface area contributed by atoms with Crippen molar-refractivity contribution < 1.29 is 4.79 Å². The summed E-state index contributed by atoms with van der Waals surface area (Å²) in [5, 5.41) is 0. The van der Waals surface area contributed by atoms with Gasteiger partial charge in [0, 0.05) is 23.3 Å². The third-order valence-electron chi connectivity index (χ3n) is 12.4. The predicted octanol–water partition coefficient (Wildman–Crippen LogP) is 11.2. The molecule has 0 saturated carbocycles. The van der Waals surface area contributed by atoms with Gasteiger partial charge >= 0.3 is 0 Å². The zero-order valence-corrected chi connectivity index (χ0v) is 26.9. The fourth-order valence-electron chi connectivity index (χ4n) is 10.5. The summed E-state index contributed by atoms with van der Waals surface area (Å²) in [5.74, 6) is 0.419. The first-order valence-corrected chi connectivity index (χ1v) is 17.4. The van der Waals surface area contributed by atoms with Crippen molar-refractivity contribution >= 4 is 5.78 Å². The second-order valence-corrected chi connectivity index (χ2v) is 14.0. The lowest BCUT2D eigenvalue weighted by atomic mass is 9.57. The standard InChI is InChI=1S/C46H36O/c1-3-45(4-2)39-23-13-19-32-28-14-5-6-17-31(28)41(47)27-25-33(42(32)39)34-24-26-40-43(44(34)45)35-18-9-12-22-38(35)46(40)36-20-10-7-15-29(36)30-16-8-11-21-37(30)46/h5-24,26,33H,3-4,25,27H2,1-2H3. The van der Waals surface area contributed by atoms with Crippen LogP contribution in [0.4, 0.5) is 0 Å². The van der Waals surface area contributed by atoms with E-state index in [4.69, 9.17) is 0 Å². The highest BCUT2D eigenvalue weighted by molar-refractivity contribution is 6.04. The number of ketones is 1. The Hall–Kier alpha value is -5.01. The number of carbonyl (C=O) groups is 1. The predicted molar refractivity (Wildman–Crippen MR) is 191 cm³/mol. The maximum atomic E-state index is 13.7. The van der Waals surface area contributed by atoms with E-state index in [1.54, 1.807) is 0 Å². The minimum atomic E-state index is -0.362. The van der Waals surface area contributed by atoms with Gasteiger partial charge < -0.3 is 0 Å². The molecule has 1 atom stereocenters. The molecule has 1 spiro atoms. The Kier molecular flexibility index (Phi) is 5.49. The molecule has 6 aromatic carbocycles. The molecule has 0 fully saturated rings. The van der Waals surface area contributed by atoms with Crippen LogP contribution >= 0.6 is 0 Å². The van der Waals surface area contributed by atoms with Gasteiger partial charge in [-0.3, -0.25) is 4.79 Å². The van der Waals surface area contributed by atoms with Crippen LogP contribution in [0.5, 0.6) is 0 Å². The van der Waals surface area contributed by atoms with Crippen LogP contribution in [0.1, 0.15) is 100 Å². The van der Waals surface area contributed by atoms with Crippen molar-refractivity contribution in [1.29, 1.82) is 0 Å². The van der Waals surface area contributed by atoms with Crippen LogP contribution in [0, 0.1) is 0 Å². The molecule has 0 heterocycles. The number of hydrogen-bond acceptors (Lipinski definition) is 1. The Labute approximate surface area is 277 Å². The Morgan fingerprint density at radius 3 is 1.72 bits per heavy atom. The first kappa shape index (κ1) is 27.1. The first-order chi connectivity index (χ1) is 23.1. The van der Waals surface area contributed by atoms with Crippen LogP contribution in [0.2, 0.25) is 0 Å². The third kappa shape index (κ3) is 3.13. The van der Waals surface area contributed by atoms with Crippen LogP contribution in [0.25, 0.3) is 33.4 Å². The molecule has 10 rings (SSSR count). The van der Waals surface area contributed by atoms with Crippen molar-refractivity contribution in [2.45, 2.75) is 56.3 Å². The number of hydrogen-bond donors (Lipinski definition) is 0. The lowest BCUT2D eigenvalue weighted by Gasteiger charge is -2.46. The molecule has 1 nitrogen and oxygen atoms in total. The quantitative estimate of drug-likeness (QED) is 0.192. The Balaban J connectivity index is 1.35. The van der Waals surface area contributed by atoms with Crippen LogP contribution in [-0.4, -0.2) is 5.78 Å². The van der Waals surface area contributed by atoms with Crippen LogP contribution < -0.4 is 0 Å². The van der Waals surface area contributed by atoms with Crippen molar-refractivity contribution in [3.8, 4) is 33.4 Å². The minimum absolute atomic E-state index is 0.156. The van der Waals surface area contributed by atoms with Gasteiger partial charge in [-0.2, -0.15) is 0 Å². The summed E-state index contributed by atoms with van der Waals surface area (Å²) in [7, 11) is 0. The van der Waals surface area contributed by atoms with E-state index in [0.717, 1.165) is 30.4 Å². The molecule has 0 aliphatic heterocycles. The van der Waals surface area contributed by atoms with E-state index in [1.807, 2.05) is 12.1 Å². The highest BCUT2D eigenvalue weighted by atomic mass is 16.1. The van der Waals surface area contributed by atoms with E-state index < -0.39 is 0 Å². The van der Waals surface area contributed by atoms with Crippen molar-refractivity contribution in [2.75, 3.05) is 0 Å². The van der Waals surface area contributed by atoms with Gasteiger partial charge in [0.1, 0.15) is 0 Å². The van der Waals surface area contributed by atoms with Crippen molar-refractivity contribution in [3.05, 3.63) is 177 Å². The molecular weight excluding hydrogens is 569 g/mol. The molecule has 0 saturated heterocycles. The summed E-state index contributed by atoms with van der Waals surface area (Å²) in [6, 6.07) is 47.6. The Morgan fingerprint density at radius 1 is 0.532 bits per heavy atom. The second kappa shape index (κ2) is 9.52. The smallest absolute Gasteiger partial charge is 0.163 e. The average Bonchev–Trinajstić information content (AvgIpc) is 3.60. The fourth-order valence-corrected chi connectivity index (χ4v) is 10.5. The highest BCUT2D eigenvalue weighted by Gasteiger charge is 2.55. The number of benzene rings is 6. The van der Waals surface area contributed by atoms with Crippen molar-refractivity contribution in [1.82, 2.24) is 0 Å². The van der Waals surface area contributed by atoms with Crippen LogP contribution in [-0.2, 0) is 10.8 Å². The SMILES string of the molecule is CCC1(CC)c2cccc3c2C(CCC(=O)c2ccccc2-3)c2ccc3c(c21)-c1ccccc1C31c2ccccc2-c2ccccc21. The molecule has 0 amide bonds. The lowest BCUT2D eigenvalue weighted by Crippen LogP contribution is -2.36. The second-order valence-electron chi connectivity index (χ2n) is 14.0. The van der Waals surface area contributed by atoms with E-state index in [2.05, 4.69) is 129 Å². The van der Waals surface area contributed by atoms with Gasteiger partial charge in [0.25, 0.3) is 0 Å². The van der Waals surface area contributed by atoms with E-state index >= 15 is 0 Å². The maximum absolute atomic E-state index is 13.7. The van der Waals surface area contributed by atoms with E-state index in [9.17, 15) is 4.79 Å². The molecule has 47 heavy (non-hydrogen) atoms. The lowest BCUT2D eigenvalue weighted by molar-refractivity contribution is 0.0978. The van der Waals surface area contributed by atoms with Gasteiger partial charge in [0.2, 0.25) is 0 Å². The molecule has 0 bridgehead atoms. The number of Topliss-reactive ketones (excluding diaryl/α,β-unsaturated/α-hetero) is 1. The normalized spacial score (nSPS) is 18.2. The minimum Gasteiger partial charge on any atom is -0.294 e. The number of fused-ring (bicyclic) bond motifs is 15. The first-order valence-electron chi connectivity index (χ1n) is 17.4. The monoisotopic (exact) mass is 604 g/mol. The van der Waals surface area contributed by atoms with Gasteiger partial charge in [-0.25, -0.2) is 0 Å². The van der Waals surface area contributed by atoms with Crippen molar-refractivity contribution in [2.24, 2.45) is 0 Å². The summed E-state index contributed by atoms with van der Waals surface area (Å²) >= 11 is 0. The van der Waals surface area contributed by atoms with Crippen molar-refractivity contribution in [3.63, 3.8) is 0 Å². The van der Waals surface area contributed by atoms with Crippen LogP contribution in [0.3, 0.4) is 0 Å². The Bertz CT molecular complexity index is 2270. The molecule has 226 valence electrons. The van der Waals surface area contributed by atoms with Gasteiger partial charge in [0.05, 0.1) is 5.41 Å². The summed E-state index contributed by atoms with van der Waals surface area (Å²) in [4.78, 5) is 13.7. The average molecular weight is 605 g/mol. The van der Waals surface area contributed by atoms with Gasteiger partial charge in [-0.15, -0.1) is 0 Å². The van der Waals surface area contributed by atoms with Gasteiger partial charge in [-0.1, -0.05) is 141 Å². The molecule has 0 N–H and O–H groups in total. The van der Waals surface area contributed by atoms with Crippen LogP contribution in [0.15, 0.2) is 127 Å². The third-order valence-corrected chi connectivity index (χ3v) is 12.4. The number of rotatable bonds is 2. The molecule has 0 aromatic heterocycles. The fraction of sp³-hybridized carbons (Fsp3) is 0.196. The zero-order chi connectivity index (χ0) is 31.5. The molecule has 0 radical (unpaired) electrons.